The highest BCUT2D eigenvalue weighted by molar-refractivity contribution is 7.89. The van der Waals surface area contributed by atoms with Crippen molar-refractivity contribution in [3.8, 4) is 0 Å². The molecule has 6 heteroatoms. The van der Waals surface area contributed by atoms with Crippen LogP contribution in [0.1, 0.15) is 30.0 Å². The van der Waals surface area contributed by atoms with Crippen molar-refractivity contribution >= 4 is 10.0 Å². The van der Waals surface area contributed by atoms with Gasteiger partial charge in [0.05, 0.1) is 4.90 Å². The maximum Gasteiger partial charge on any atom is 0.243 e. The molecule has 0 unspecified atom stereocenters. The Balaban J connectivity index is 1.99. The Kier molecular flexibility index (Phi) is 4.21. The van der Waals surface area contributed by atoms with Crippen molar-refractivity contribution in [3.63, 3.8) is 0 Å². The Morgan fingerprint density at radius 1 is 1.09 bits per heavy atom. The summed E-state index contributed by atoms with van der Waals surface area (Å²) in [6.45, 7) is 0. The lowest BCUT2D eigenvalue weighted by atomic mass is 9.88. The highest BCUT2D eigenvalue weighted by Gasteiger charge is 2.32. The summed E-state index contributed by atoms with van der Waals surface area (Å²) in [5.41, 5.74) is 2.11. The van der Waals surface area contributed by atoms with E-state index in [4.69, 9.17) is 0 Å². The maximum atomic E-state index is 13.4. The Hall–Kier alpha value is -1.79. The first-order chi connectivity index (χ1) is 10.9. The van der Waals surface area contributed by atoms with Crippen LogP contribution in [0.4, 0.5) is 8.78 Å². The fourth-order valence-electron chi connectivity index (χ4n) is 3.08. The molecule has 1 aliphatic rings. The van der Waals surface area contributed by atoms with E-state index in [-0.39, 0.29) is 10.9 Å². The zero-order valence-corrected chi connectivity index (χ0v) is 13.5. The topological polar surface area (TPSA) is 37.4 Å². The number of fused-ring (bicyclic) bond motifs is 1. The molecule has 0 N–H and O–H groups in total. The van der Waals surface area contributed by atoms with Crippen molar-refractivity contribution < 1.29 is 17.2 Å². The van der Waals surface area contributed by atoms with Gasteiger partial charge in [0.2, 0.25) is 10.0 Å². The summed E-state index contributed by atoms with van der Waals surface area (Å²) in [5, 5.41) is 0. The van der Waals surface area contributed by atoms with Crippen molar-refractivity contribution in [2.24, 2.45) is 0 Å². The lowest BCUT2D eigenvalue weighted by molar-refractivity contribution is 0.337. The van der Waals surface area contributed by atoms with Gasteiger partial charge in [-0.25, -0.2) is 17.2 Å². The number of hydrogen-bond acceptors (Lipinski definition) is 2. The van der Waals surface area contributed by atoms with Crippen LogP contribution >= 0.6 is 0 Å². The molecule has 0 spiro atoms. The van der Waals surface area contributed by atoms with Gasteiger partial charge in [-0.1, -0.05) is 24.3 Å². The second kappa shape index (κ2) is 6.02. The number of nitrogens with zero attached hydrogens (tertiary/aromatic N) is 1. The largest absolute Gasteiger partial charge is 0.243 e. The van der Waals surface area contributed by atoms with E-state index >= 15 is 0 Å². The summed E-state index contributed by atoms with van der Waals surface area (Å²) < 4.78 is 53.2. The molecule has 2 aromatic carbocycles. The van der Waals surface area contributed by atoms with Crippen molar-refractivity contribution in [1.82, 2.24) is 4.31 Å². The molecule has 1 atom stereocenters. The minimum Gasteiger partial charge on any atom is -0.207 e. The van der Waals surface area contributed by atoms with Gasteiger partial charge in [-0.15, -0.1) is 0 Å². The van der Waals surface area contributed by atoms with Gasteiger partial charge in [-0.3, -0.25) is 0 Å². The molecule has 3 rings (SSSR count). The molecule has 0 aromatic heterocycles. The van der Waals surface area contributed by atoms with Gasteiger partial charge in [0.25, 0.3) is 0 Å². The van der Waals surface area contributed by atoms with E-state index in [0.29, 0.717) is 6.42 Å². The van der Waals surface area contributed by atoms with Crippen LogP contribution < -0.4 is 0 Å². The zero-order chi connectivity index (χ0) is 16.6. The lowest BCUT2D eigenvalue weighted by Crippen LogP contribution is -2.33. The number of hydrogen-bond donors (Lipinski definition) is 0. The van der Waals surface area contributed by atoms with Gasteiger partial charge in [0.15, 0.2) is 11.6 Å². The predicted octanol–water partition coefficient (Wildman–Crippen LogP) is 3.66. The van der Waals surface area contributed by atoms with E-state index in [9.17, 15) is 17.2 Å². The molecule has 23 heavy (non-hydrogen) atoms. The van der Waals surface area contributed by atoms with E-state index in [0.717, 1.165) is 42.2 Å². The first kappa shape index (κ1) is 16.1. The predicted molar refractivity (Wildman–Crippen MR) is 83.4 cm³/mol. The molecule has 0 fully saturated rings. The van der Waals surface area contributed by atoms with Crippen LogP contribution in [0.5, 0.6) is 0 Å². The van der Waals surface area contributed by atoms with Gasteiger partial charge < -0.3 is 0 Å². The molecule has 3 nitrogen and oxygen atoms in total. The summed E-state index contributed by atoms with van der Waals surface area (Å²) >= 11 is 0. The second-order valence-electron chi connectivity index (χ2n) is 5.70. The van der Waals surface area contributed by atoms with Crippen LogP contribution in [0.2, 0.25) is 0 Å². The molecule has 122 valence electrons. The molecular formula is C17H17F2NO2S. The van der Waals surface area contributed by atoms with Gasteiger partial charge >= 0.3 is 0 Å². The quantitative estimate of drug-likeness (QED) is 0.857. The molecular weight excluding hydrogens is 320 g/mol. The monoisotopic (exact) mass is 337 g/mol. The van der Waals surface area contributed by atoms with Crippen LogP contribution in [0.25, 0.3) is 0 Å². The first-order valence-corrected chi connectivity index (χ1v) is 8.86. The van der Waals surface area contributed by atoms with Crippen molar-refractivity contribution in [1.29, 1.82) is 0 Å². The molecule has 0 radical (unpaired) electrons. The van der Waals surface area contributed by atoms with E-state index in [1.807, 2.05) is 24.3 Å². The molecule has 0 bridgehead atoms. The van der Waals surface area contributed by atoms with Crippen LogP contribution in [-0.4, -0.2) is 19.8 Å². The average molecular weight is 337 g/mol. The van der Waals surface area contributed by atoms with Crippen LogP contribution in [0.15, 0.2) is 47.4 Å². The van der Waals surface area contributed by atoms with E-state index in [1.165, 1.54) is 11.4 Å². The number of sulfonamides is 1. The normalized spacial score (nSPS) is 18.0. The second-order valence-corrected chi connectivity index (χ2v) is 7.70. The average Bonchev–Trinajstić information content (AvgIpc) is 2.56. The summed E-state index contributed by atoms with van der Waals surface area (Å²) in [7, 11) is -2.40. The van der Waals surface area contributed by atoms with Gasteiger partial charge in [0.1, 0.15) is 0 Å². The van der Waals surface area contributed by atoms with Crippen molar-refractivity contribution in [2.75, 3.05) is 7.05 Å². The molecule has 0 heterocycles. The third-order valence-electron chi connectivity index (χ3n) is 4.34. The Morgan fingerprint density at radius 2 is 1.83 bits per heavy atom. The fraction of sp³-hybridized carbons (Fsp3) is 0.294. The lowest BCUT2D eigenvalue weighted by Gasteiger charge is -2.32. The Labute approximate surface area is 134 Å². The molecule has 0 aliphatic heterocycles. The van der Waals surface area contributed by atoms with E-state index in [2.05, 4.69) is 0 Å². The van der Waals surface area contributed by atoms with Gasteiger partial charge in [-0.05, 0) is 48.6 Å². The summed E-state index contributed by atoms with van der Waals surface area (Å²) in [6.07, 6.45) is 2.52. The van der Waals surface area contributed by atoms with Gasteiger partial charge in [-0.2, -0.15) is 4.31 Å². The Morgan fingerprint density at radius 3 is 2.57 bits per heavy atom. The minimum absolute atomic E-state index is 0.234. The molecule has 0 saturated carbocycles. The highest BCUT2D eigenvalue weighted by Crippen LogP contribution is 2.36. The summed E-state index contributed by atoms with van der Waals surface area (Å²) in [5.74, 6) is -2.22. The van der Waals surface area contributed by atoms with E-state index in [1.54, 1.807) is 0 Å². The number of benzene rings is 2. The van der Waals surface area contributed by atoms with Crippen LogP contribution in [0.3, 0.4) is 0 Å². The molecule has 0 saturated heterocycles. The molecule has 1 aliphatic carbocycles. The zero-order valence-electron chi connectivity index (χ0n) is 12.7. The summed E-state index contributed by atoms with van der Waals surface area (Å²) in [6, 6.07) is 10.1. The molecule has 2 aromatic rings. The SMILES string of the molecule is CN([C@@H]1CCCc2ccccc21)S(=O)(=O)c1ccc(F)c(F)c1. The molecule has 0 amide bonds. The van der Waals surface area contributed by atoms with Crippen molar-refractivity contribution in [3.05, 3.63) is 65.2 Å². The smallest absolute Gasteiger partial charge is 0.207 e. The standard InChI is InChI=1S/C17H17F2NO2S/c1-20(17-8-4-6-12-5-2-3-7-14(12)17)23(21,22)13-9-10-15(18)16(19)11-13/h2-3,5,7,9-11,17H,4,6,8H2,1H3/t17-/m1/s1. The van der Waals surface area contributed by atoms with E-state index < -0.39 is 21.7 Å². The minimum atomic E-state index is -3.89. The summed E-state index contributed by atoms with van der Waals surface area (Å²) in [4.78, 5) is -0.234. The van der Waals surface area contributed by atoms with Gasteiger partial charge in [0, 0.05) is 13.1 Å². The Bertz CT molecular complexity index is 836. The van der Waals surface area contributed by atoms with Crippen LogP contribution in [-0.2, 0) is 16.4 Å². The number of rotatable bonds is 3. The highest BCUT2D eigenvalue weighted by atomic mass is 32.2. The number of aryl methyl sites for hydroxylation is 1. The van der Waals surface area contributed by atoms with Crippen LogP contribution in [0, 0.1) is 11.6 Å². The maximum absolute atomic E-state index is 13.4. The number of halogens is 2. The third-order valence-corrected chi connectivity index (χ3v) is 6.21. The third kappa shape index (κ3) is 2.88. The fourth-order valence-corrected chi connectivity index (χ4v) is 4.46. The first-order valence-electron chi connectivity index (χ1n) is 7.42. The van der Waals surface area contributed by atoms with Crippen molar-refractivity contribution in [2.45, 2.75) is 30.2 Å².